The normalized spacial score (nSPS) is 12.8. The highest BCUT2D eigenvalue weighted by molar-refractivity contribution is 5.71. The van der Waals surface area contributed by atoms with Crippen LogP contribution in [-0.4, -0.2) is 37.2 Å². The van der Waals surface area contributed by atoms with Crippen molar-refractivity contribution in [1.29, 1.82) is 0 Å². The van der Waals surface area contributed by atoms with Crippen LogP contribution in [0, 0.1) is 0 Å². The highest BCUT2D eigenvalue weighted by Gasteiger charge is 2.19. The summed E-state index contributed by atoms with van der Waals surface area (Å²) < 4.78 is 16.4. The van der Waals surface area contributed by atoms with Gasteiger partial charge in [0.1, 0.15) is 13.2 Å². The maximum Gasteiger partial charge on any atom is 0.306 e. The maximum atomic E-state index is 12.5. The Bertz CT molecular complexity index is 1020. The fourth-order valence-electron chi connectivity index (χ4n) is 5.32. The van der Waals surface area contributed by atoms with Gasteiger partial charge in [-0.1, -0.05) is 164 Å². The summed E-state index contributed by atoms with van der Waals surface area (Å²) in [5, 5.41) is 0. The molecular formula is C46H76O6. The number of allylic oxidation sites excluding steroid dienone is 12. The summed E-state index contributed by atoms with van der Waals surface area (Å²) in [4.78, 5) is 37.1. The van der Waals surface area contributed by atoms with Crippen molar-refractivity contribution in [3.63, 3.8) is 0 Å². The van der Waals surface area contributed by atoms with Gasteiger partial charge in [-0.05, 0) is 70.6 Å². The van der Waals surface area contributed by atoms with Crippen molar-refractivity contribution in [2.24, 2.45) is 0 Å². The molecule has 0 radical (unpaired) electrons. The molecule has 6 nitrogen and oxygen atoms in total. The molecule has 0 bridgehead atoms. The van der Waals surface area contributed by atoms with Crippen molar-refractivity contribution in [3.8, 4) is 0 Å². The molecule has 0 heterocycles. The minimum atomic E-state index is -0.776. The van der Waals surface area contributed by atoms with Crippen LogP contribution in [0.2, 0.25) is 0 Å². The van der Waals surface area contributed by atoms with E-state index < -0.39 is 6.10 Å². The third-order valence-electron chi connectivity index (χ3n) is 8.48. The topological polar surface area (TPSA) is 78.9 Å². The molecule has 0 saturated heterocycles. The van der Waals surface area contributed by atoms with Gasteiger partial charge in [0.05, 0.1) is 0 Å². The molecule has 0 aliphatic heterocycles. The fourth-order valence-corrected chi connectivity index (χ4v) is 5.32. The van der Waals surface area contributed by atoms with E-state index in [9.17, 15) is 14.4 Å². The van der Waals surface area contributed by atoms with Crippen molar-refractivity contribution in [1.82, 2.24) is 0 Å². The zero-order valence-electron chi connectivity index (χ0n) is 33.5. The minimum absolute atomic E-state index is 0.0854. The smallest absolute Gasteiger partial charge is 0.306 e. The molecule has 0 aromatic rings. The standard InChI is InChI=1S/C46H76O6/c1-4-7-10-13-15-16-17-18-19-20-21-22-23-24-25-26-27-28-29-30-31-34-36-39-45(48)51-42-43(41-50-44(47)38-35-32-12-9-6-3)52-46(49)40-37-33-14-11-8-5-2/h7,10,15-16,18-19,21-22,24-25,27-28,43H,4-6,8-9,11-14,17,20,23,26,29-42H2,1-3H3/b10-7-,16-15-,19-18-,22-21-,25-24-,28-27-. The second-order valence-electron chi connectivity index (χ2n) is 13.5. The Hall–Kier alpha value is -3.15. The number of hydrogen-bond acceptors (Lipinski definition) is 6. The first-order chi connectivity index (χ1) is 25.5. The predicted octanol–water partition coefficient (Wildman–Crippen LogP) is 13.1. The average molecular weight is 725 g/mol. The number of carbonyl (C=O) groups is 3. The molecule has 6 heteroatoms. The minimum Gasteiger partial charge on any atom is -0.462 e. The molecule has 0 fully saturated rings. The van der Waals surface area contributed by atoms with Gasteiger partial charge >= 0.3 is 17.9 Å². The average Bonchev–Trinajstić information content (AvgIpc) is 3.14. The molecule has 1 unspecified atom stereocenters. The predicted molar refractivity (Wildman–Crippen MR) is 219 cm³/mol. The van der Waals surface area contributed by atoms with Crippen LogP contribution < -0.4 is 0 Å². The quantitative estimate of drug-likeness (QED) is 0.0277. The lowest BCUT2D eigenvalue weighted by atomic mass is 10.1. The van der Waals surface area contributed by atoms with E-state index in [2.05, 4.69) is 93.7 Å². The first-order valence-corrected chi connectivity index (χ1v) is 20.9. The van der Waals surface area contributed by atoms with Gasteiger partial charge in [0.25, 0.3) is 0 Å². The van der Waals surface area contributed by atoms with Gasteiger partial charge < -0.3 is 14.2 Å². The first-order valence-electron chi connectivity index (χ1n) is 20.9. The number of hydrogen-bond donors (Lipinski definition) is 0. The zero-order valence-corrected chi connectivity index (χ0v) is 33.5. The first kappa shape index (κ1) is 48.9. The van der Waals surface area contributed by atoms with Gasteiger partial charge in [0, 0.05) is 19.3 Å². The monoisotopic (exact) mass is 725 g/mol. The Labute approximate surface area is 319 Å². The summed E-state index contributed by atoms with van der Waals surface area (Å²) in [6, 6.07) is 0. The van der Waals surface area contributed by atoms with Gasteiger partial charge in [0.15, 0.2) is 6.10 Å². The van der Waals surface area contributed by atoms with Crippen molar-refractivity contribution >= 4 is 17.9 Å². The van der Waals surface area contributed by atoms with Gasteiger partial charge in [-0.25, -0.2) is 0 Å². The summed E-state index contributed by atoms with van der Waals surface area (Å²) >= 11 is 0. The fraction of sp³-hybridized carbons (Fsp3) is 0.674. The summed E-state index contributed by atoms with van der Waals surface area (Å²) in [6.45, 7) is 6.32. The Kier molecular flexibility index (Phi) is 38.2. The largest absolute Gasteiger partial charge is 0.462 e. The molecule has 0 aliphatic rings. The molecule has 296 valence electrons. The maximum absolute atomic E-state index is 12.5. The van der Waals surface area contributed by atoms with Crippen LogP contribution in [0.25, 0.3) is 0 Å². The highest BCUT2D eigenvalue weighted by Crippen LogP contribution is 2.11. The Morgan fingerprint density at radius 1 is 0.404 bits per heavy atom. The Morgan fingerprint density at radius 2 is 0.750 bits per heavy atom. The van der Waals surface area contributed by atoms with E-state index in [1.54, 1.807) is 0 Å². The van der Waals surface area contributed by atoms with E-state index in [1.807, 2.05) is 0 Å². The molecule has 0 rings (SSSR count). The van der Waals surface area contributed by atoms with Crippen molar-refractivity contribution < 1.29 is 28.6 Å². The third-order valence-corrected chi connectivity index (χ3v) is 8.48. The second kappa shape index (κ2) is 40.6. The van der Waals surface area contributed by atoms with Crippen molar-refractivity contribution in [2.45, 2.75) is 187 Å². The number of unbranched alkanes of at least 4 members (excludes halogenated alkanes) is 13. The number of carbonyl (C=O) groups excluding carboxylic acids is 3. The van der Waals surface area contributed by atoms with Gasteiger partial charge in [-0.3, -0.25) is 14.4 Å². The third kappa shape index (κ3) is 38.1. The lowest BCUT2D eigenvalue weighted by molar-refractivity contribution is -0.167. The van der Waals surface area contributed by atoms with Crippen LogP contribution in [0.5, 0.6) is 0 Å². The van der Waals surface area contributed by atoms with Gasteiger partial charge in [-0.15, -0.1) is 0 Å². The van der Waals surface area contributed by atoms with Crippen LogP contribution >= 0.6 is 0 Å². The molecule has 0 spiro atoms. The molecular weight excluding hydrogens is 649 g/mol. The molecule has 0 aliphatic carbocycles. The zero-order chi connectivity index (χ0) is 38.0. The van der Waals surface area contributed by atoms with E-state index >= 15 is 0 Å². The number of rotatable bonds is 36. The van der Waals surface area contributed by atoms with Crippen LogP contribution in [0.3, 0.4) is 0 Å². The van der Waals surface area contributed by atoms with Crippen LogP contribution in [0.4, 0.5) is 0 Å². The molecule has 0 amide bonds. The van der Waals surface area contributed by atoms with Crippen LogP contribution in [-0.2, 0) is 28.6 Å². The molecule has 0 saturated carbocycles. The Balaban J connectivity index is 4.15. The summed E-state index contributed by atoms with van der Waals surface area (Å²) in [6.07, 6.45) is 49.4. The molecule has 1 atom stereocenters. The molecule has 0 N–H and O–H groups in total. The van der Waals surface area contributed by atoms with E-state index in [0.717, 1.165) is 116 Å². The van der Waals surface area contributed by atoms with Gasteiger partial charge in [0.2, 0.25) is 0 Å². The molecule has 0 aromatic carbocycles. The van der Waals surface area contributed by atoms with Crippen LogP contribution in [0.1, 0.15) is 181 Å². The lowest BCUT2D eigenvalue weighted by Crippen LogP contribution is -2.30. The number of esters is 3. The van der Waals surface area contributed by atoms with Gasteiger partial charge in [-0.2, -0.15) is 0 Å². The van der Waals surface area contributed by atoms with E-state index in [1.165, 1.54) is 25.7 Å². The van der Waals surface area contributed by atoms with Crippen molar-refractivity contribution in [3.05, 3.63) is 72.9 Å². The van der Waals surface area contributed by atoms with E-state index in [4.69, 9.17) is 14.2 Å². The van der Waals surface area contributed by atoms with Crippen LogP contribution in [0.15, 0.2) is 72.9 Å². The molecule has 0 aromatic heterocycles. The van der Waals surface area contributed by atoms with Crippen molar-refractivity contribution in [2.75, 3.05) is 13.2 Å². The van der Waals surface area contributed by atoms with E-state index in [-0.39, 0.29) is 31.1 Å². The highest BCUT2D eigenvalue weighted by atomic mass is 16.6. The van der Waals surface area contributed by atoms with E-state index in [0.29, 0.717) is 19.3 Å². The summed E-state index contributed by atoms with van der Waals surface area (Å²) in [5.41, 5.74) is 0. The number of ether oxygens (including phenoxy) is 3. The lowest BCUT2D eigenvalue weighted by Gasteiger charge is -2.18. The Morgan fingerprint density at radius 3 is 1.17 bits per heavy atom. The molecule has 52 heavy (non-hydrogen) atoms. The summed E-state index contributed by atoms with van der Waals surface area (Å²) in [7, 11) is 0. The summed E-state index contributed by atoms with van der Waals surface area (Å²) in [5.74, 6) is -0.945. The second-order valence-corrected chi connectivity index (χ2v) is 13.5. The SMILES string of the molecule is CC/C=C\C/C=C\C/C=C\C/C=C\C/C=C\C/C=C\CCCCCCC(=O)OCC(COC(=O)CCCCCCC)OC(=O)CCCCCCCC.